The first-order chi connectivity index (χ1) is 12.9. The van der Waals surface area contributed by atoms with Crippen molar-refractivity contribution in [3.05, 3.63) is 20.8 Å². The summed E-state index contributed by atoms with van der Waals surface area (Å²) in [6, 6.07) is 0.262. The van der Waals surface area contributed by atoms with Crippen LogP contribution in [0.25, 0.3) is 0 Å². The standard InChI is InChI=1S/C18H31N5O3S/c1-4-9-23-15(19)14(16(24)21-17(23)25)22(10-11-26-3)18(27)20-13-8-6-5-7-12(13)2/h12-13H,4-11,19H2,1-3H3,(H,20,27)(H,21,24,25)/t12-,13-/m0/s1. The van der Waals surface area contributed by atoms with Crippen LogP contribution in [0.2, 0.25) is 0 Å². The first-order valence-electron chi connectivity index (χ1n) is 9.60. The van der Waals surface area contributed by atoms with Crippen LogP contribution in [0, 0.1) is 5.92 Å². The fourth-order valence-corrected chi connectivity index (χ4v) is 3.88. The van der Waals surface area contributed by atoms with E-state index in [4.69, 9.17) is 22.7 Å². The first-order valence-corrected chi connectivity index (χ1v) is 10.0. The second-order valence-corrected chi connectivity index (χ2v) is 7.49. The molecule has 0 amide bonds. The van der Waals surface area contributed by atoms with E-state index >= 15 is 0 Å². The molecular formula is C18H31N5O3S. The number of methoxy groups -OCH3 is 1. The van der Waals surface area contributed by atoms with Gasteiger partial charge in [-0.2, -0.15) is 0 Å². The van der Waals surface area contributed by atoms with Gasteiger partial charge in [-0.15, -0.1) is 0 Å². The predicted molar refractivity (Wildman–Crippen MR) is 112 cm³/mol. The maximum absolute atomic E-state index is 12.6. The number of rotatable bonds is 7. The normalized spacial score (nSPS) is 19.7. The highest BCUT2D eigenvalue weighted by Crippen LogP contribution is 2.24. The molecule has 2 atom stereocenters. The fraction of sp³-hybridized carbons (Fsp3) is 0.722. The molecule has 0 bridgehead atoms. The Morgan fingerprint density at radius 2 is 2.11 bits per heavy atom. The number of thiocarbonyl (C=S) groups is 1. The second kappa shape index (κ2) is 9.89. The van der Waals surface area contributed by atoms with Crippen molar-refractivity contribution in [3.63, 3.8) is 0 Å². The Labute approximate surface area is 165 Å². The molecule has 4 N–H and O–H groups in total. The minimum atomic E-state index is -0.540. The van der Waals surface area contributed by atoms with E-state index < -0.39 is 11.2 Å². The summed E-state index contributed by atoms with van der Waals surface area (Å²) in [7, 11) is 1.59. The van der Waals surface area contributed by atoms with Gasteiger partial charge in [0, 0.05) is 26.2 Å². The van der Waals surface area contributed by atoms with E-state index in [9.17, 15) is 9.59 Å². The number of H-pyrrole nitrogens is 1. The molecule has 0 saturated heterocycles. The van der Waals surface area contributed by atoms with Crippen LogP contribution in [0.1, 0.15) is 46.0 Å². The Kier molecular flexibility index (Phi) is 7.85. The minimum absolute atomic E-state index is 0.127. The molecule has 1 saturated carbocycles. The molecule has 1 aliphatic rings. The van der Waals surface area contributed by atoms with Gasteiger partial charge in [-0.3, -0.25) is 14.3 Å². The molecule has 1 aromatic rings. The van der Waals surface area contributed by atoms with E-state index in [1.54, 1.807) is 12.0 Å². The molecule has 27 heavy (non-hydrogen) atoms. The van der Waals surface area contributed by atoms with Crippen LogP contribution in [0.15, 0.2) is 9.59 Å². The van der Waals surface area contributed by atoms with E-state index in [0.29, 0.717) is 30.7 Å². The van der Waals surface area contributed by atoms with Crippen molar-refractivity contribution < 1.29 is 4.74 Å². The number of hydrogen-bond donors (Lipinski definition) is 3. The average Bonchev–Trinajstić information content (AvgIpc) is 2.63. The van der Waals surface area contributed by atoms with Crippen LogP contribution in [0.3, 0.4) is 0 Å². The largest absolute Gasteiger partial charge is 0.383 e. The van der Waals surface area contributed by atoms with Crippen molar-refractivity contribution in [1.82, 2.24) is 14.9 Å². The van der Waals surface area contributed by atoms with Crippen molar-refractivity contribution in [2.75, 3.05) is 30.9 Å². The van der Waals surface area contributed by atoms with Gasteiger partial charge in [0.2, 0.25) is 0 Å². The van der Waals surface area contributed by atoms with E-state index in [1.165, 1.54) is 11.0 Å². The van der Waals surface area contributed by atoms with Gasteiger partial charge in [0.05, 0.1) is 6.61 Å². The Morgan fingerprint density at radius 3 is 2.74 bits per heavy atom. The van der Waals surface area contributed by atoms with Crippen LogP contribution < -0.4 is 27.2 Å². The van der Waals surface area contributed by atoms with Crippen molar-refractivity contribution >= 4 is 28.8 Å². The molecule has 0 unspecified atom stereocenters. The van der Waals surface area contributed by atoms with Crippen LogP contribution in [0.5, 0.6) is 0 Å². The molecule has 2 rings (SSSR count). The van der Waals surface area contributed by atoms with E-state index in [-0.39, 0.29) is 17.5 Å². The minimum Gasteiger partial charge on any atom is -0.383 e. The molecule has 1 fully saturated rings. The third kappa shape index (κ3) is 5.10. The highest BCUT2D eigenvalue weighted by atomic mass is 32.1. The number of nitrogen functional groups attached to an aromatic ring is 1. The summed E-state index contributed by atoms with van der Waals surface area (Å²) in [5.41, 5.74) is 5.37. The lowest BCUT2D eigenvalue weighted by atomic mass is 9.86. The number of nitrogens with two attached hydrogens (primary N) is 1. The lowest BCUT2D eigenvalue weighted by molar-refractivity contribution is 0.207. The van der Waals surface area contributed by atoms with Crippen molar-refractivity contribution in [3.8, 4) is 0 Å². The lowest BCUT2D eigenvalue weighted by Crippen LogP contribution is -2.51. The summed E-state index contributed by atoms with van der Waals surface area (Å²) in [6.45, 7) is 5.30. The van der Waals surface area contributed by atoms with Gasteiger partial charge >= 0.3 is 5.69 Å². The van der Waals surface area contributed by atoms with Crippen molar-refractivity contribution in [2.24, 2.45) is 5.92 Å². The molecule has 1 heterocycles. The maximum atomic E-state index is 12.6. The highest BCUT2D eigenvalue weighted by Gasteiger charge is 2.26. The van der Waals surface area contributed by atoms with Crippen molar-refractivity contribution in [2.45, 2.75) is 58.5 Å². The topological polar surface area (TPSA) is 105 Å². The average molecular weight is 398 g/mol. The van der Waals surface area contributed by atoms with E-state index in [2.05, 4.69) is 17.2 Å². The molecule has 1 aliphatic carbocycles. The number of anilines is 2. The summed E-state index contributed by atoms with van der Waals surface area (Å²) in [5.74, 6) is 0.633. The Bertz CT molecular complexity index is 760. The van der Waals surface area contributed by atoms with Gasteiger partial charge < -0.3 is 20.7 Å². The summed E-state index contributed by atoms with van der Waals surface area (Å²) in [4.78, 5) is 28.7. The number of aromatic amines is 1. The molecule has 1 aromatic heterocycles. The van der Waals surface area contributed by atoms with Gasteiger partial charge in [-0.25, -0.2) is 4.79 Å². The second-order valence-electron chi connectivity index (χ2n) is 7.11. The number of aromatic nitrogens is 2. The summed E-state index contributed by atoms with van der Waals surface area (Å²) >= 11 is 5.63. The SMILES string of the molecule is CCCn1c(N)c(N(CCOC)C(=S)N[C@H]2CCCC[C@@H]2C)c(=O)[nH]c1=O. The zero-order chi connectivity index (χ0) is 20.0. The van der Waals surface area contributed by atoms with Crippen LogP contribution in [-0.4, -0.2) is 41.0 Å². The van der Waals surface area contributed by atoms with Crippen LogP contribution in [0.4, 0.5) is 11.5 Å². The zero-order valence-electron chi connectivity index (χ0n) is 16.4. The zero-order valence-corrected chi connectivity index (χ0v) is 17.2. The number of nitrogens with zero attached hydrogens (tertiary/aromatic N) is 2. The summed E-state index contributed by atoms with van der Waals surface area (Å²) in [6.07, 6.45) is 5.31. The molecule has 0 aromatic carbocycles. The van der Waals surface area contributed by atoms with Gasteiger partial charge in [0.15, 0.2) is 10.8 Å². The highest BCUT2D eigenvalue weighted by molar-refractivity contribution is 7.80. The summed E-state index contributed by atoms with van der Waals surface area (Å²) < 4.78 is 6.56. The molecular weight excluding hydrogens is 366 g/mol. The van der Waals surface area contributed by atoms with E-state index in [0.717, 1.165) is 25.7 Å². The Balaban J connectivity index is 2.38. The van der Waals surface area contributed by atoms with Gasteiger partial charge in [-0.05, 0) is 37.4 Å². The molecule has 8 nitrogen and oxygen atoms in total. The monoisotopic (exact) mass is 397 g/mol. The fourth-order valence-electron chi connectivity index (χ4n) is 3.55. The summed E-state index contributed by atoms with van der Waals surface area (Å²) in [5, 5.41) is 3.84. The smallest absolute Gasteiger partial charge is 0.330 e. The van der Waals surface area contributed by atoms with Crippen LogP contribution >= 0.6 is 12.2 Å². The Morgan fingerprint density at radius 1 is 1.41 bits per heavy atom. The molecule has 0 radical (unpaired) electrons. The number of nitrogens with one attached hydrogen (secondary N) is 2. The molecule has 0 spiro atoms. The van der Waals surface area contributed by atoms with E-state index in [1.807, 2.05) is 6.92 Å². The Hall–Kier alpha value is -1.87. The van der Waals surface area contributed by atoms with Gasteiger partial charge in [0.1, 0.15) is 5.82 Å². The molecule has 0 aliphatic heterocycles. The maximum Gasteiger partial charge on any atom is 0.330 e. The quantitative estimate of drug-likeness (QED) is 0.598. The number of ether oxygens (including phenoxy) is 1. The molecule has 152 valence electrons. The van der Waals surface area contributed by atoms with Crippen molar-refractivity contribution in [1.29, 1.82) is 0 Å². The van der Waals surface area contributed by atoms with Crippen LogP contribution in [-0.2, 0) is 11.3 Å². The van der Waals surface area contributed by atoms with Gasteiger partial charge in [-0.1, -0.05) is 26.7 Å². The third-order valence-corrected chi connectivity index (χ3v) is 5.45. The van der Waals surface area contributed by atoms with Gasteiger partial charge in [0.25, 0.3) is 5.56 Å². The number of hydrogen-bond acceptors (Lipinski definition) is 5. The lowest BCUT2D eigenvalue weighted by Gasteiger charge is -2.34. The third-order valence-electron chi connectivity index (χ3n) is 5.12. The first kappa shape index (κ1) is 21.4. The predicted octanol–water partition coefficient (Wildman–Crippen LogP) is 1.43. The molecule has 9 heteroatoms.